The van der Waals surface area contributed by atoms with E-state index in [0.29, 0.717) is 24.3 Å². The van der Waals surface area contributed by atoms with Crippen molar-refractivity contribution in [3.63, 3.8) is 0 Å². The highest BCUT2D eigenvalue weighted by molar-refractivity contribution is 5.93. The van der Waals surface area contributed by atoms with Gasteiger partial charge in [0, 0.05) is 24.8 Å². The Morgan fingerprint density at radius 3 is 2.79 bits per heavy atom. The number of nitrogens with one attached hydrogen (secondary N) is 1. The number of aliphatic hydroxyl groups is 1. The van der Waals surface area contributed by atoms with E-state index in [4.69, 9.17) is 0 Å². The summed E-state index contributed by atoms with van der Waals surface area (Å²) in [5, 5.41) is 12.6. The predicted octanol–water partition coefficient (Wildman–Crippen LogP) is 1.37. The van der Waals surface area contributed by atoms with Gasteiger partial charge >= 0.3 is 0 Å². The molecule has 2 N–H and O–H groups in total. The molecule has 1 amide bonds. The van der Waals surface area contributed by atoms with Gasteiger partial charge in [-0.3, -0.25) is 14.2 Å². The summed E-state index contributed by atoms with van der Waals surface area (Å²) in [5.74, 6) is 0.391. The second kappa shape index (κ2) is 6.01. The minimum atomic E-state index is -0.294. The highest BCUT2D eigenvalue weighted by atomic mass is 16.3. The Morgan fingerprint density at radius 1 is 1.25 bits per heavy atom. The molecule has 122 valence electrons. The van der Waals surface area contributed by atoms with Crippen molar-refractivity contribution in [3.05, 3.63) is 60.4 Å². The van der Waals surface area contributed by atoms with Crippen LogP contribution in [0.15, 0.2) is 49.1 Å². The lowest BCUT2D eigenvalue weighted by Gasteiger charge is -2.37. The molecule has 24 heavy (non-hydrogen) atoms. The third-order valence-electron chi connectivity index (χ3n) is 4.38. The molecule has 0 unspecified atom stereocenters. The van der Waals surface area contributed by atoms with Crippen LogP contribution in [-0.2, 0) is 0 Å². The molecule has 0 saturated heterocycles. The Morgan fingerprint density at radius 2 is 2.08 bits per heavy atom. The lowest BCUT2D eigenvalue weighted by atomic mass is 9.76. The first-order valence-electron chi connectivity index (χ1n) is 7.90. The summed E-state index contributed by atoms with van der Waals surface area (Å²) < 4.78 is 1.71. The van der Waals surface area contributed by atoms with Crippen molar-refractivity contribution in [2.75, 3.05) is 0 Å². The molecule has 1 fully saturated rings. The second-order valence-corrected chi connectivity index (χ2v) is 6.04. The predicted molar refractivity (Wildman–Crippen MR) is 86.2 cm³/mol. The fraction of sp³-hybridized carbons (Fsp3) is 0.294. The van der Waals surface area contributed by atoms with E-state index < -0.39 is 0 Å². The number of aromatic nitrogens is 4. The largest absolute Gasteiger partial charge is 0.393 e. The number of hydrogen-bond acceptors (Lipinski definition) is 5. The van der Waals surface area contributed by atoms with Gasteiger partial charge in [-0.2, -0.15) is 0 Å². The van der Waals surface area contributed by atoms with E-state index in [1.165, 1.54) is 0 Å². The number of aliphatic hydroxyl groups excluding tert-OH is 1. The van der Waals surface area contributed by atoms with Gasteiger partial charge in [0.1, 0.15) is 5.69 Å². The van der Waals surface area contributed by atoms with Gasteiger partial charge in [0.15, 0.2) is 0 Å². The van der Waals surface area contributed by atoms with E-state index in [1.54, 1.807) is 35.3 Å². The van der Waals surface area contributed by atoms with Crippen LogP contribution in [0, 0.1) is 5.92 Å². The third-order valence-corrected chi connectivity index (χ3v) is 4.38. The van der Waals surface area contributed by atoms with Gasteiger partial charge in [-0.05, 0) is 37.0 Å². The zero-order valence-corrected chi connectivity index (χ0v) is 12.9. The van der Waals surface area contributed by atoms with Gasteiger partial charge in [0.2, 0.25) is 5.78 Å². The van der Waals surface area contributed by atoms with Crippen molar-refractivity contribution in [2.24, 2.45) is 5.92 Å². The van der Waals surface area contributed by atoms with Gasteiger partial charge in [-0.1, -0.05) is 6.07 Å². The van der Waals surface area contributed by atoms with Gasteiger partial charge in [0.05, 0.1) is 17.8 Å². The zero-order chi connectivity index (χ0) is 16.5. The van der Waals surface area contributed by atoms with Crippen LogP contribution in [0.5, 0.6) is 0 Å². The number of fused-ring (bicyclic) bond motifs is 1. The van der Waals surface area contributed by atoms with Crippen LogP contribution >= 0.6 is 0 Å². The van der Waals surface area contributed by atoms with E-state index in [-0.39, 0.29) is 24.0 Å². The smallest absolute Gasteiger partial charge is 0.272 e. The average Bonchev–Trinajstić information content (AvgIpc) is 3.02. The molecule has 0 aromatic carbocycles. The van der Waals surface area contributed by atoms with Crippen LogP contribution in [0.2, 0.25) is 0 Å². The summed E-state index contributed by atoms with van der Waals surface area (Å²) in [7, 11) is 0. The van der Waals surface area contributed by atoms with E-state index in [1.807, 2.05) is 18.2 Å². The number of hydrogen-bond donors (Lipinski definition) is 2. The highest BCUT2D eigenvalue weighted by Gasteiger charge is 2.36. The molecular weight excluding hydrogens is 306 g/mol. The van der Waals surface area contributed by atoms with Crippen LogP contribution < -0.4 is 5.32 Å². The van der Waals surface area contributed by atoms with Crippen LogP contribution in [0.4, 0.5) is 0 Å². The molecule has 1 saturated carbocycles. The molecule has 3 aromatic rings. The summed E-state index contributed by atoms with van der Waals surface area (Å²) in [6, 6.07) is 7.17. The van der Waals surface area contributed by atoms with E-state index in [2.05, 4.69) is 20.3 Å². The van der Waals surface area contributed by atoms with Gasteiger partial charge < -0.3 is 10.4 Å². The fourth-order valence-electron chi connectivity index (χ4n) is 3.05. The summed E-state index contributed by atoms with van der Waals surface area (Å²) in [4.78, 5) is 25.3. The summed E-state index contributed by atoms with van der Waals surface area (Å²) in [6.07, 6.45) is 7.82. The number of carbonyl (C=O) groups excluding carboxylic acids is 1. The lowest BCUT2D eigenvalue weighted by molar-refractivity contribution is 0.0228. The minimum Gasteiger partial charge on any atom is -0.393 e. The maximum absolute atomic E-state index is 12.6. The third kappa shape index (κ3) is 2.74. The molecule has 1 aliphatic rings. The number of carbonyl (C=O) groups is 1. The average molecular weight is 323 g/mol. The molecule has 0 aliphatic heterocycles. The SMILES string of the molecule is O=C(N[C@@H](c1ccccn1)C1CC(O)C1)c1cn2cccnc2n1. The number of amides is 1. The summed E-state index contributed by atoms with van der Waals surface area (Å²) in [6.45, 7) is 0. The standard InChI is InChI=1S/C17H17N5O2/c23-12-8-11(9-12)15(13-4-1-2-5-18-13)21-16(24)14-10-22-7-3-6-19-17(22)20-14/h1-7,10-12,15,23H,8-9H2,(H,21,24)/t11?,12?,15-/m1/s1. The molecule has 0 radical (unpaired) electrons. The number of nitrogens with zero attached hydrogens (tertiary/aromatic N) is 4. The van der Waals surface area contributed by atoms with Gasteiger partial charge in [-0.15, -0.1) is 0 Å². The van der Waals surface area contributed by atoms with E-state index in [9.17, 15) is 9.90 Å². The molecule has 0 spiro atoms. The van der Waals surface area contributed by atoms with E-state index in [0.717, 1.165) is 5.69 Å². The van der Waals surface area contributed by atoms with Crippen LogP contribution in [0.1, 0.15) is 35.1 Å². The van der Waals surface area contributed by atoms with Crippen molar-refractivity contribution < 1.29 is 9.90 Å². The second-order valence-electron chi connectivity index (χ2n) is 6.04. The first kappa shape index (κ1) is 14.8. The molecule has 7 heteroatoms. The molecule has 1 atom stereocenters. The lowest BCUT2D eigenvalue weighted by Crippen LogP contribution is -2.41. The van der Waals surface area contributed by atoms with Crippen molar-refractivity contribution in [1.82, 2.24) is 24.7 Å². The Labute approximate surface area is 138 Å². The molecule has 7 nitrogen and oxygen atoms in total. The molecular formula is C17H17N5O2. The number of pyridine rings is 1. The number of imidazole rings is 1. The molecule has 0 bridgehead atoms. The monoisotopic (exact) mass is 323 g/mol. The Balaban J connectivity index is 1.58. The van der Waals surface area contributed by atoms with Crippen molar-refractivity contribution in [2.45, 2.75) is 25.0 Å². The first-order chi connectivity index (χ1) is 11.7. The maximum atomic E-state index is 12.6. The summed E-state index contributed by atoms with van der Waals surface area (Å²) in [5.41, 5.74) is 1.11. The van der Waals surface area contributed by atoms with Gasteiger partial charge in [0.25, 0.3) is 5.91 Å². The molecule has 3 aromatic heterocycles. The van der Waals surface area contributed by atoms with Crippen LogP contribution in [0.25, 0.3) is 5.78 Å². The zero-order valence-electron chi connectivity index (χ0n) is 12.9. The molecule has 4 rings (SSSR count). The van der Waals surface area contributed by atoms with Gasteiger partial charge in [-0.25, -0.2) is 9.97 Å². The summed E-state index contributed by atoms with van der Waals surface area (Å²) >= 11 is 0. The fourth-order valence-corrected chi connectivity index (χ4v) is 3.05. The quantitative estimate of drug-likeness (QED) is 0.756. The molecule has 3 heterocycles. The number of rotatable bonds is 4. The van der Waals surface area contributed by atoms with Crippen molar-refractivity contribution in [3.8, 4) is 0 Å². The van der Waals surface area contributed by atoms with Crippen molar-refractivity contribution in [1.29, 1.82) is 0 Å². The Hall–Kier alpha value is -2.80. The topological polar surface area (TPSA) is 92.4 Å². The first-order valence-corrected chi connectivity index (χ1v) is 7.90. The van der Waals surface area contributed by atoms with Crippen molar-refractivity contribution >= 4 is 11.7 Å². The normalized spacial score (nSPS) is 21.2. The maximum Gasteiger partial charge on any atom is 0.272 e. The van der Waals surface area contributed by atoms with Crippen LogP contribution in [-0.4, -0.2) is 36.5 Å². The Kier molecular flexibility index (Phi) is 3.70. The Bertz CT molecular complexity index is 825. The minimum absolute atomic E-state index is 0.175. The van der Waals surface area contributed by atoms with Crippen LogP contribution in [0.3, 0.4) is 0 Å². The highest BCUT2D eigenvalue weighted by Crippen LogP contribution is 2.37. The molecule has 1 aliphatic carbocycles. The van der Waals surface area contributed by atoms with E-state index >= 15 is 0 Å².